The molecule has 0 fully saturated rings. The van der Waals surface area contributed by atoms with Gasteiger partial charge >= 0.3 is 0 Å². The van der Waals surface area contributed by atoms with Crippen LogP contribution in [0.2, 0.25) is 0 Å². The minimum Gasteiger partial charge on any atom is -0.495 e. The summed E-state index contributed by atoms with van der Waals surface area (Å²) < 4.78 is 32.9. The maximum atomic E-state index is 12.6. The van der Waals surface area contributed by atoms with Crippen LogP contribution in [0.5, 0.6) is 5.75 Å². The minimum atomic E-state index is -3.78. The second-order valence-corrected chi connectivity index (χ2v) is 6.42. The molecule has 0 aliphatic rings. The van der Waals surface area contributed by atoms with Crippen LogP contribution in [-0.2, 0) is 10.0 Å². The minimum absolute atomic E-state index is 0.0913. The van der Waals surface area contributed by atoms with Crippen LogP contribution in [0.4, 0.5) is 11.4 Å². The molecule has 3 N–H and O–H groups in total. The van der Waals surface area contributed by atoms with E-state index in [1.165, 1.54) is 7.11 Å². The van der Waals surface area contributed by atoms with E-state index in [-0.39, 0.29) is 10.6 Å². The SMILES string of the molecule is COc1ccc(C)cc1NS(=O)(=O)c1c(C)cccc1N. The average Bonchev–Trinajstić information content (AvgIpc) is 2.37. The molecule has 2 aromatic carbocycles. The van der Waals surface area contributed by atoms with E-state index in [4.69, 9.17) is 10.5 Å². The Labute approximate surface area is 124 Å². The summed E-state index contributed by atoms with van der Waals surface area (Å²) in [6.07, 6.45) is 0. The van der Waals surface area contributed by atoms with E-state index in [0.717, 1.165) is 5.56 Å². The summed E-state index contributed by atoms with van der Waals surface area (Å²) in [5, 5.41) is 0. The zero-order valence-electron chi connectivity index (χ0n) is 12.2. The van der Waals surface area contributed by atoms with Gasteiger partial charge in [0, 0.05) is 0 Å². The summed E-state index contributed by atoms with van der Waals surface area (Å²) in [4.78, 5) is 0.0913. The largest absolute Gasteiger partial charge is 0.495 e. The molecule has 0 saturated carbocycles. The Morgan fingerprint density at radius 3 is 2.48 bits per heavy atom. The summed E-state index contributed by atoms with van der Waals surface area (Å²) in [7, 11) is -2.29. The number of anilines is 2. The van der Waals surface area contributed by atoms with Gasteiger partial charge in [-0.25, -0.2) is 8.42 Å². The Kier molecular flexibility index (Phi) is 4.09. The molecule has 0 aliphatic carbocycles. The van der Waals surface area contributed by atoms with Gasteiger partial charge in [0.05, 0.1) is 18.5 Å². The monoisotopic (exact) mass is 306 g/mol. The molecular formula is C15H18N2O3S. The van der Waals surface area contributed by atoms with Crippen molar-refractivity contribution in [3.63, 3.8) is 0 Å². The highest BCUT2D eigenvalue weighted by Gasteiger charge is 2.21. The summed E-state index contributed by atoms with van der Waals surface area (Å²) >= 11 is 0. The highest BCUT2D eigenvalue weighted by Crippen LogP contribution is 2.30. The van der Waals surface area contributed by atoms with Crippen molar-refractivity contribution in [3.8, 4) is 5.75 Å². The van der Waals surface area contributed by atoms with Crippen LogP contribution in [0.1, 0.15) is 11.1 Å². The van der Waals surface area contributed by atoms with Crippen LogP contribution in [0, 0.1) is 13.8 Å². The van der Waals surface area contributed by atoms with E-state index in [1.54, 1.807) is 37.3 Å². The van der Waals surface area contributed by atoms with Crippen LogP contribution >= 0.6 is 0 Å². The highest BCUT2D eigenvalue weighted by atomic mass is 32.2. The van der Waals surface area contributed by atoms with E-state index >= 15 is 0 Å². The van der Waals surface area contributed by atoms with Crippen molar-refractivity contribution in [3.05, 3.63) is 47.5 Å². The Bertz CT molecular complexity index is 750. The maximum Gasteiger partial charge on any atom is 0.264 e. The van der Waals surface area contributed by atoms with Crippen molar-refractivity contribution >= 4 is 21.4 Å². The van der Waals surface area contributed by atoms with Crippen LogP contribution < -0.4 is 15.2 Å². The summed E-state index contributed by atoms with van der Waals surface area (Å²) in [5.74, 6) is 0.455. The number of nitrogens with two attached hydrogens (primary N) is 1. The smallest absolute Gasteiger partial charge is 0.264 e. The molecule has 2 aromatic rings. The second-order valence-electron chi connectivity index (χ2n) is 4.80. The number of benzene rings is 2. The number of nitrogen functional groups attached to an aromatic ring is 1. The molecule has 0 amide bonds. The zero-order valence-corrected chi connectivity index (χ0v) is 13.0. The maximum absolute atomic E-state index is 12.6. The fourth-order valence-electron chi connectivity index (χ4n) is 2.14. The predicted octanol–water partition coefficient (Wildman–Crippen LogP) is 2.70. The molecule has 112 valence electrons. The molecule has 0 unspecified atom stereocenters. The van der Waals surface area contributed by atoms with E-state index in [2.05, 4.69) is 4.72 Å². The normalized spacial score (nSPS) is 11.2. The standard InChI is InChI=1S/C15H18N2O3S/c1-10-7-8-14(20-3)13(9-10)17-21(18,19)15-11(2)5-4-6-12(15)16/h4-9,17H,16H2,1-3H3. The molecule has 0 aromatic heterocycles. The van der Waals surface area contributed by atoms with Crippen molar-refractivity contribution in [2.75, 3.05) is 17.6 Å². The molecule has 0 spiro atoms. The Morgan fingerprint density at radius 1 is 1.14 bits per heavy atom. The number of nitrogens with one attached hydrogen (secondary N) is 1. The van der Waals surface area contributed by atoms with E-state index in [1.807, 2.05) is 13.0 Å². The molecule has 0 atom stereocenters. The molecule has 0 bridgehead atoms. The van der Waals surface area contributed by atoms with E-state index in [9.17, 15) is 8.42 Å². The highest BCUT2D eigenvalue weighted by molar-refractivity contribution is 7.93. The van der Waals surface area contributed by atoms with Crippen molar-refractivity contribution in [2.45, 2.75) is 18.7 Å². The first kappa shape index (κ1) is 15.2. The van der Waals surface area contributed by atoms with Crippen molar-refractivity contribution in [1.29, 1.82) is 0 Å². The van der Waals surface area contributed by atoms with Gasteiger partial charge in [0.2, 0.25) is 0 Å². The van der Waals surface area contributed by atoms with Gasteiger partial charge in [-0.3, -0.25) is 4.72 Å². The van der Waals surface area contributed by atoms with Gasteiger partial charge in [0.25, 0.3) is 10.0 Å². The lowest BCUT2D eigenvalue weighted by atomic mass is 10.2. The lowest BCUT2D eigenvalue weighted by Crippen LogP contribution is -2.16. The van der Waals surface area contributed by atoms with Crippen molar-refractivity contribution < 1.29 is 13.2 Å². The number of rotatable bonds is 4. The topological polar surface area (TPSA) is 81.4 Å². The summed E-state index contributed by atoms with van der Waals surface area (Å²) in [6, 6.07) is 10.3. The number of methoxy groups -OCH3 is 1. The van der Waals surface area contributed by atoms with Gasteiger partial charge in [0.1, 0.15) is 10.6 Å². The van der Waals surface area contributed by atoms with Crippen LogP contribution in [-0.4, -0.2) is 15.5 Å². The number of hydrogen-bond acceptors (Lipinski definition) is 4. The molecule has 0 saturated heterocycles. The number of sulfonamides is 1. The van der Waals surface area contributed by atoms with Gasteiger partial charge < -0.3 is 10.5 Å². The molecule has 5 nitrogen and oxygen atoms in total. The third-order valence-corrected chi connectivity index (χ3v) is 4.69. The lowest BCUT2D eigenvalue weighted by Gasteiger charge is -2.15. The molecule has 0 heterocycles. The van der Waals surface area contributed by atoms with Gasteiger partial charge in [-0.15, -0.1) is 0 Å². The summed E-state index contributed by atoms with van der Waals surface area (Å²) in [6.45, 7) is 3.58. The van der Waals surface area contributed by atoms with Crippen molar-refractivity contribution in [2.24, 2.45) is 0 Å². The lowest BCUT2D eigenvalue weighted by molar-refractivity contribution is 0.417. The van der Waals surface area contributed by atoms with E-state index < -0.39 is 10.0 Å². The molecule has 0 radical (unpaired) electrons. The molecule has 21 heavy (non-hydrogen) atoms. The first-order valence-corrected chi connectivity index (χ1v) is 7.86. The van der Waals surface area contributed by atoms with Crippen LogP contribution in [0.25, 0.3) is 0 Å². The van der Waals surface area contributed by atoms with Crippen LogP contribution in [0.3, 0.4) is 0 Å². The first-order chi connectivity index (χ1) is 9.85. The zero-order chi connectivity index (χ0) is 15.6. The third kappa shape index (κ3) is 3.11. The predicted molar refractivity (Wildman–Crippen MR) is 84.1 cm³/mol. The van der Waals surface area contributed by atoms with Gasteiger partial charge in [-0.05, 0) is 43.2 Å². The summed E-state index contributed by atoms with van der Waals surface area (Å²) in [5.41, 5.74) is 7.93. The van der Waals surface area contributed by atoms with Gasteiger partial charge in [0.15, 0.2) is 0 Å². The molecular weight excluding hydrogens is 288 g/mol. The quantitative estimate of drug-likeness (QED) is 0.851. The fraction of sp³-hybridized carbons (Fsp3) is 0.200. The van der Waals surface area contributed by atoms with Gasteiger partial charge in [-0.1, -0.05) is 18.2 Å². The Morgan fingerprint density at radius 2 is 1.86 bits per heavy atom. The Balaban J connectivity index is 2.50. The third-order valence-electron chi connectivity index (χ3n) is 3.11. The van der Waals surface area contributed by atoms with Gasteiger partial charge in [-0.2, -0.15) is 0 Å². The second kappa shape index (κ2) is 5.65. The first-order valence-electron chi connectivity index (χ1n) is 6.37. The van der Waals surface area contributed by atoms with Crippen molar-refractivity contribution in [1.82, 2.24) is 0 Å². The molecule has 0 aliphatic heterocycles. The van der Waals surface area contributed by atoms with Crippen LogP contribution in [0.15, 0.2) is 41.3 Å². The Hall–Kier alpha value is -2.21. The van der Waals surface area contributed by atoms with E-state index in [0.29, 0.717) is 17.0 Å². The molecule has 6 heteroatoms. The fourth-order valence-corrected chi connectivity index (χ4v) is 3.56. The number of aryl methyl sites for hydroxylation is 2. The molecule has 2 rings (SSSR count). The average molecular weight is 306 g/mol. The number of ether oxygens (including phenoxy) is 1. The number of hydrogen-bond donors (Lipinski definition) is 2.